The second-order valence-electron chi connectivity index (χ2n) is 8.88. The molecule has 2 fully saturated rings. The molecule has 118 valence electrons. The van der Waals surface area contributed by atoms with Crippen LogP contribution in [0.2, 0.25) is 0 Å². The first-order valence-electron chi connectivity index (χ1n) is 8.86. The lowest BCUT2D eigenvalue weighted by Crippen LogP contribution is -2.53. The maximum absolute atomic E-state index is 13.9. The van der Waals surface area contributed by atoms with E-state index in [2.05, 4.69) is 41.5 Å². The number of hydrogen-bond acceptors (Lipinski definition) is 0. The van der Waals surface area contributed by atoms with E-state index in [0.29, 0.717) is 16.7 Å². The summed E-state index contributed by atoms with van der Waals surface area (Å²) in [7, 11) is 0. The zero-order valence-corrected chi connectivity index (χ0v) is 14.5. The predicted octanol–water partition coefficient (Wildman–Crippen LogP) is 6.25. The highest BCUT2D eigenvalue weighted by Gasteiger charge is 2.55. The van der Waals surface area contributed by atoms with Crippen LogP contribution in [-0.2, 0) is 0 Å². The second-order valence-corrected chi connectivity index (χ2v) is 8.88. The Morgan fingerprint density at radius 3 is 2.40 bits per heavy atom. The fourth-order valence-corrected chi connectivity index (χ4v) is 5.68. The Kier molecular flexibility index (Phi) is 4.57. The summed E-state index contributed by atoms with van der Waals surface area (Å²) in [6.07, 6.45) is 6.02. The molecule has 2 aliphatic rings. The molecule has 0 aromatic heterocycles. The van der Waals surface area contributed by atoms with E-state index in [0.717, 1.165) is 37.0 Å². The molecule has 0 heterocycles. The molecule has 2 saturated carbocycles. The third kappa shape index (κ3) is 2.66. The van der Waals surface area contributed by atoms with Crippen LogP contribution in [0.3, 0.4) is 0 Å². The molecule has 0 aliphatic heterocycles. The van der Waals surface area contributed by atoms with Gasteiger partial charge in [0.05, 0.1) is 0 Å². The lowest BCUT2D eigenvalue weighted by Gasteiger charge is -2.60. The number of alkyl halides is 1. The Morgan fingerprint density at radius 2 is 1.85 bits per heavy atom. The predicted molar refractivity (Wildman–Crippen MR) is 85.5 cm³/mol. The Labute approximate surface area is 125 Å². The Hall–Kier alpha value is -0.0700. The van der Waals surface area contributed by atoms with Gasteiger partial charge in [0, 0.05) is 0 Å². The summed E-state index contributed by atoms with van der Waals surface area (Å²) in [5.74, 6) is 2.96. The number of halogens is 1. The normalized spacial score (nSPS) is 42.6. The van der Waals surface area contributed by atoms with Gasteiger partial charge in [-0.3, -0.25) is 0 Å². The summed E-state index contributed by atoms with van der Waals surface area (Å²) in [6, 6.07) is 0. The Balaban J connectivity index is 2.37. The highest BCUT2D eigenvalue weighted by molar-refractivity contribution is 5.04. The minimum Gasteiger partial charge on any atom is -0.247 e. The van der Waals surface area contributed by atoms with Gasteiger partial charge >= 0.3 is 0 Å². The van der Waals surface area contributed by atoms with Crippen LogP contribution in [0.1, 0.15) is 80.1 Å². The molecule has 0 saturated heterocycles. The van der Waals surface area contributed by atoms with Gasteiger partial charge in [-0.15, -0.1) is 0 Å². The van der Waals surface area contributed by atoms with Gasteiger partial charge in [-0.1, -0.05) is 48.0 Å². The van der Waals surface area contributed by atoms with Gasteiger partial charge in [-0.05, 0) is 66.6 Å². The summed E-state index contributed by atoms with van der Waals surface area (Å²) >= 11 is 0. The van der Waals surface area contributed by atoms with Crippen molar-refractivity contribution in [3.8, 4) is 0 Å². The van der Waals surface area contributed by atoms with Gasteiger partial charge in [-0.2, -0.15) is 0 Å². The van der Waals surface area contributed by atoms with Gasteiger partial charge in [-0.25, -0.2) is 4.39 Å². The summed E-state index contributed by atoms with van der Waals surface area (Å²) in [4.78, 5) is 0. The maximum Gasteiger partial charge on any atom is 0.100 e. The summed E-state index contributed by atoms with van der Waals surface area (Å²) < 4.78 is 13.9. The van der Waals surface area contributed by atoms with Gasteiger partial charge in [0.2, 0.25) is 0 Å². The summed E-state index contributed by atoms with van der Waals surface area (Å²) in [5, 5.41) is 0. The minimum atomic E-state index is -0.533. The van der Waals surface area contributed by atoms with Crippen LogP contribution >= 0.6 is 0 Å². The first-order valence-corrected chi connectivity index (χ1v) is 8.86. The third-order valence-electron chi connectivity index (χ3n) is 7.07. The minimum absolute atomic E-state index is 0.370. The lowest BCUT2D eigenvalue weighted by molar-refractivity contribution is -0.117. The first kappa shape index (κ1) is 16.3. The fourth-order valence-electron chi connectivity index (χ4n) is 5.68. The van der Waals surface area contributed by atoms with E-state index in [4.69, 9.17) is 0 Å². The summed E-state index contributed by atoms with van der Waals surface area (Å²) in [5.41, 5.74) is 0.751. The van der Waals surface area contributed by atoms with Crippen molar-refractivity contribution in [3.63, 3.8) is 0 Å². The topological polar surface area (TPSA) is 0 Å². The van der Waals surface area contributed by atoms with Crippen molar-refractivity contribution in [2.75, 3.05) is 0 Å². The van der Waals surface area contributed by atoms with Crippen molar-refractivity contribution in [3.05, 3.63) is 0 Å². The standard InChI is InChI=1S/C19H35F/c1-7-18(4,5)17-16(13(2)3)9-8-14-12-15(20)10-11-19(14,17)6/h13-17H,7-12H2,1-6H3/t14?,15-,16?,17?,19-/m0/s1. The first-order chi connectivity index (χ1) is 9.22. The van der Waals surface area contributed by atoms with Crippen molar-refractivity contribution in [2.45, 2.75) is 86.2 Å². The highest BCUT2D eigenvalue weighted by atomic mass is 19.1. The van der Waals surface area contributed by atoms with Gasteiger partial charge in [0.25, 0.3) is 0 Å². The van der Waals surface area contributed by atoms with E-state index >= 15 is 0 Å². The van der Waals surface area contributed by atoms with Crippen LogP contribution in [0.4, 0.5) is 4.39 Å². The Bertz CT molecular complexity index is 333. The zero-order valence-electron chi connectivity index (χ0n) is 14.5. The average molecular weight is 282 g/mol. The van der Waals surface area contributed by atoms with Crippen LogP contribution in [0.5, 0.6) is 0 Å². The average Bonchev–Trinajstić information content (AvgIpc) is 2.37. The summed E-state index contributed by atoms with van der Waals surface area (Å²) in [6.45, 7) is 14.6. The molecule has 0 aromatic carbocycles. The van der Waals surface area contributed by atoms with Gasteiger partial charge < -0.3 is 0 Å². The zero-order chi connectivity index (χ0) is 15.1. The molecule has 0 bridgehead atoms. The molecule has 0 spiro atoms. The molecule has 3 unspecified atom stereocenters. The van der Waals surface area contributed by atoms with Crippen LogP contribution in [0, 0.1) is 34.5 Å². The van der Waals surface area contributed by atoms with Crippen LogP contribution in [0.25, 0.3) is 0 Å². The van der Waals surface area contributed by atoms with Crippen molar-refractivity contribution in [1.29, 1.82) is 0 Å². The van der Waals surface area contributed by atoms with Crippen molar-refractivity contribution < 1.29 is 4.39 Å². The van der Waals surface area contributed by atoms with E-state index in [1.54, 1.807) is 0 Å². The molecule has 2 aliphatic carbocycles. The number of hydrogen-bond donors (Lipinski definition) is 0. The largest absolute Gasteiger partial charge is 0.247 e. The molecule has 2 rings (SSSR count). The third-order valence-corrected chi connectivity index (χ3v) is 7.07. The maximum atomic E-state index is 13.9. The molecule has 0 N–H and O–H groups in total. The second kappa shape index (κ2) is 5.61. The van der Waals surface area contributed by atoms with E-state index in [1.807, 2.05) is 0 Å². The molecule has 0 amide bonds. The van der Waals surface area contributed by atoms with Gasteiger partial charge in [0.1, 0.15) is 6.17 Å². The molecule has 0 nitrogen and oxygen atoms in total. The quantitative estimate of drug-likeness (QED) is 0.574. The lowest BCUT2D eigenvalue weighted by atomic mass is 9.45. The van der Waals surface area contributed by atoms with E-state index in [-0.39, 0.29) is 0 Å². The Morgan fingerprint density at radius 1 is 1.20 bits per heavy atom. The van der Waals surface area contributed by atoms with E-state index in [9.17, 15) is 4.39 Å². The SMILES string of the molecule is CCC(C)(C)C1C(C(C)C)CCC2C[C@@H](F)CC[C@@]21C. The van der Waals surface area contributed by atoms with Crippen LogP contribution in [0.15, 0.2) is 0 Å². The molecular formula is C19H35F. The molecule has 0 radical (unpaired) electrons. The van der Waals surface area contributed by atoms with Crippen molar-refractivity contribution in [1.82, 2.24) is 0 Å². The number of fused-ring (bicyclic) bond motifs is 1. The smallest absolute Gasteiger partial charge is 0.100 e. The molecule has 0 aromatic rings. The van der Waals surface area contributed by atoms with Crippen molar-refractivity contribution in [2.24, 2.45) is 34.5 Å². The monoisotopic (exact) mass is 282 g/mol. The van der Waals surface area contributed by atoms with E-state index < -0.39 is 6.17 Å². The molecule has 1 heteroatoms. The molecule has 20 heavy (non-hydrogen) atoms. The number of rotatable bonds is 3. The fraction of sp³-hybridized carbons (Fsp3) is 1.00. The highest BCUT2D eigenvalue weighted by Crippen LogP contribution is 2.62. The van der Waals surface area contributed by atoms with Crippen molar-refractivity contribution >= 4 is 0 Å². The van der Waals surface area contributed by atoms with Gasteiger partial charge in [0.15, 0.2) is 0 Å². The van der Waals surface area contributed by atoms with E-state index in [1.165, 1.54) is 19.3 Å². The van der Waals surface area contributed by atoms with Crippen LogP contribution in [-0.4, -0.2) is 6.17 Å². The van der Waals surface area contributed by atoms with Crippen LogP contribution < -0.4 is 0 Å². The molecular weight excluding hydrogens is 247 g/mol. The molecule has 5 atom stereocenters.